The Morgan fingerprint density at radius 1 is 1.37 bits per heavy atom. The summed E-state index contributed by atoms with van der Waals surface area (Å²) in [6.45, 7) is 0.848. The molecule has 0 heterocycles. The predicted octanol–water partition coefficient (Wildman–Crippen LogP) is 3.04. The zero-order valence-corrected chi connectivity index (χ0v) is 12.4. The fraction of sp³-hybridized carbons (Fsp3) is 0.571. The van der Waals surface area contributed by atoms with Crippen molar-refractivity contribution in [3.63, 3.8) is 0 Å². The minimum Gasteiger partial charge on any atom is -0.389 e. The van der Waals surface area contributed by atoms with Gasteiger partial charge in [0.05, 0.1) is 22.8 Å². The Hall–Kier alpha value is -0.320. The maximum absolute atomic E-state index is 9.71. The van der Waals surface area contributed by atoms with E-state index in [-0.39, 0.29) is 6.04 Å². The molecule has 2 atom stereocenters. The third-order valence-electron chi connectivity index (χ3n) is 3.33. The lowest BCUT2D eigenvalue weighted by atomic mass is 10.0. The lowest BCUT2D eigenvalue weighted by Gasteiger charge is -2.21. The summed E-state index contributed by atoms with van der Waals surface area (Å²) in [4.78, 5) is 0. The molecule has 0 amide bonds. The SMILES string of the molecule is COCC(O)CNC(c1ccc(Cl)c(Cl)c1)C1CC1. The van der Waals surface area contributed by atoms with E-state index in [0.717, 1.165) is 5.56 Å². The van der Waals surface area contributed by atoms with Crippen molar-refractivity contribution in [1.29, 1.82) is 0 Å². The monoisotopic (exact) mass is 303 g/mol. The Morgan fingerprint density at radius 3 is 2.68 bits per heavy atom. The van der Waals surface area contributed by atoms with Crippen LogP contribution in [0.1, 0.15) is 24.4 Å². The first-order chi connectivity index (χ1) is 9.11. The van der Waals surface area contributed by atoms with E-state index in [0.29, 0.717) is 29.1 Å². The Bertz CT molecular complexity index is 424. The lowest BCUT2D eigenvalue weighted by Crippen LogP contribution is -2.33. The van der Waals surface area contributed by atoms with Gasteiger partial charge in [0.1, 0.15) is 0 Å². The van der Waals surface area contributed by atoms with Crippen LogP contribution >= 0.6 is 23.2 Å². The van der Waals surface area contributed by atoms with E-state index >= 15 is 0 Å². The summed E-state index contributed by atoms with van der Waals surface area (Å²) >= 11 is 12.0. The number of aliphatic hydroxyl groups is 1. The van der Waals surface area contributed by atoms with E-state index in [1.807, 2.05) is 18.2 Å². The Balaban J connectivity index is 2.01. The molecule has 1 aliphatic carbocycles. The number of methoxy groups -OCH3 is 1. The second-order valence-electron chi connectivity index (χ2n) is 5.01. The average Bonchev–Trinajstić information content (AvgIpc) is 3.18. The molecule has 0 spiro atoms. The highest BCUT2D eigenvalue weighted by atomic mass is 35.5. The molecule has 3 nitrogen and oxygen atoms in total. The van der Waals surface area contributed by atoms with Crippen molar-refractivity contribution in [2.75, 3.05) is 20.3 Å². The van der Waals surface area contributed by atoms with Gasteiger partial charge in [-0.3, -0.25) is 0 Å². The minimum atomic E-state index is -0.492. The molecule has 1 saturated carbocycles. The molecule has 106 valence electrons. The van der Waals surface area contributed by atoms with Gasteiger partial charge in [-0.05, 0) is 36.5 Å². The Labute approximate surface area is 123 Å². The van der Waals surface area contributed by atoms with Crippen LogP contribution in [-0.4, -0.2) is 31.5 Å². The normalized spacial score (nSPS) is 18.3. The minimum absolute atomic E-state index is 0.223. The highest BCUT2D eigenvalue weighted by Gasteiger charge is 2.32. The summed E-state index contributed by atoms with van der Waals surface area (Å²) in [6.07, 6.45) is 1.92. The first-order valence-corrected chi connectivity index (χ1v) is 7.22. The molecule has 2 rings (SSSR count). The van der Waals surface area contributed by atoms with Crippen LogP contribution in [0.5, 0.6) is 0 Å². The molecule has 1 aliphatic rings. The molecular formula is C14H19Cl2NO2. The first-order valence-electron chi connectivity index (χ1n) is 6.47. The van der Waals surface area contributed by atoms with E-state index in [1.54, 1.807) is 7.11 Å². The Morgan fingerprint density at radius 2 is 2.11 bits per heavy atom. The second-order valence-corrected chi connectivity index (χ2v) is 5.82. The molecule has 19 heavy (non-hydrogen) atoms. The van der Waals surface area contributed by atoms with Crippen molar-refractivity contribution in [2.24, 2.45) is 5.92 Å². The molecule has 0 aromatic heterocycles. The summed E-state index contributed by atoms with van der Waals surface area (Å²) in [5.74, 6) is 0.618. The molecule has 0 bridgehead atoms. The fourth-order valence-electron chi connectivity index (χ4n) is 2.21. The number of rotatable bonds is 7. The van der Waals surface area contributed by atoms with Gasteiger partial charge >= 0.3 is 0 Å². The number of aliphatic hydroxyl groups excluding tert-OH is 1. The summed E-state index contributed by atoms with van der Waals surface area (Å²) in [5.41, 5.74) is 1.13. The van der Waals surface area contributed by atoms with Crippen LogP contribution in [0, 0.1) is 5.92 Å². The van der Waals surface area contributed by atoms with E-state index in [9.17, 15) is 5.11 Å². The smallest absolute Gasteiger partial charge is 0.0897 e. The van der Waals surface area contributed by atoms with Crippen molar-refractivity contribution < 1.29 is 9.84 Å². The third-order valence-corrected chi connectivity index (χ3v) is 4.07. The van der Waals surface area contributed by atoms with Gasteiger partial charge in [-0.2, -0.15) is 0 Å². The van der Waals surface area contributed by atoms with Crippen LogP contribution in [0.25, 0.3) is 0 Å². The van der Waals surface area contributed by atoms with Gasteiger partial charge in [0.25, 0.3) is 0 Å². The van der Waals surface area contributed by atoms with Crippen LogP contribution in [0.2, 0.25) is 10.0 Å². The van der Waals surface area contributed by atoms with E-state index < -0.39 is 6.10 Å². The van der Waals surface area contributed by atoms with Crippen molar-refractivity contribution in [3.05, 3.63) is 33.8 Å². The van der Waals surface area contributed by atoms with Crippen LogP contribution in [0.3, 0.4) is 0 Å². The van der Waals surface area contributed by atoms with Crippen molar-refractivity contribution in [3.8, 4) is 0 Å². The van der Waals surface area contributed by atoms with Gasteiger partial charge in [0.2, 0.25) is 0 Å². The zero-order valence-electron chi connectivity index (χ0n) is 10.9. The summed E-state index contributed by atoms with van der Waals surface area (Å²) in [7, 11) is 1.58. The molecule has 1 aromatic carbocycles. The van der Waals surface area contributed by atoms with Crippen LogP contribution in [-0.2, 0) is 4.74 Å². The molecule has 0 aliphatic heterocycles. The molecule has 2 N–H and O–H groups in total. The van der Waals surface area contributed by atoms with Crippen LogP contribution in [0.15, 0.2) is 18.2 Å². The molecule has 5 heteroatoms. The number of hydrogen-bond acceptors (Lipinski definition) is 3. The second kappa shape index (κ2) is 6.91. The molecule has 0 radical (unpaired) electrons. The molecule has 1 aromatic rings. The largest absolute Gasteiger partial charge is 0.389 e. The predicted molar refractivity (Wildman–Crippen MR) is 77.8 cm³/mol. The van der Waals surface area contributed by atoms with Crippen LogP contribution in [0.4, 0.5) is 0 Å². The maximum atomic E-state index is 9.71. The zero-order chi connectivity index (χ0) is 13.8. The highest BCUT2D eigenvalue weighted by molar-refractivity contribution is 6.42. The van der Waals surface area contributed by atoms with Crippen molar-refractivity contribution >= 4 is 23.2 Å². The van der Waals surface area contributed by atoms with Crippen molar-refractivity contribution in [2.45, 2.75) is 25.0 Å². The van der Waals surface area contributed by atoms with Gasteiger partial charge < -0.3 is 15.2 Å². The fourth-order valence-corrected chi connectivity index (χ4v) is 2.51. The van der Waals surface area contributed by atoms with Gasteiger partial charge in [-0.15, -0.1) is 0 Å². The number of nitrogens with one attached hydrogen (secondary N) is 1. The molecule has 2 unspecified atom stereocenters. The average molecular weight is 304 g/mol. The quantitative estimate of drug-likeness (QED) is 0.813. The topological polar surface area (TPSA) is 41.5 Å². The first kappa shape index (κ1) is 15.1. The lowest BCUT2D eigenvalue weighted by molar-refractivity contribution is 0.0621. The van der Waals surface area contributed by atoms with Crippen LogP contribution < -0.4 is 5.32 Å². The summed E-state index contributed by atoms with van der Waals surface area (Å²) in [5, 5.41) is 14.3. The summed E-state index contributed by atoms with van der Waals surface area (Å²) < 4.78 is 4.92. The van der Waals surface area contributed by atoms with Gasteiger partial charge in [-0.1, -0.05) is 29.3 Å². The summed E-state index contributed by atoms with van der Waals surface area (Å²) in [6, 6.07) is 5.94. The Kier molecular flexibility index (Phi) is 5.48. The van der Waals surface area contributed by atoms with Gasteiger partial charge in [0, 0.05) is 19.7 Å². The number of benzene rings is 1. The maximum Gasteiger partial charge on any atom is 0.0897 e. The van der Waals surface area contributed by atoms with E-state index in [4.69, 9.17) is 27.9 Å². The molecule has 0 saturated heterocycles. The van der Waals surface area contributed by atoms with Gasteiger partial charge in [-0.25, -0.2) is 0 Å². The highest BCUT2D eigenvalue weighted by Crippen LogP contribution is 2.42. The number of ether oxygens (including phenoxy) is 1. The number of hydrogen-bond donors (Lipinski definition) is 2. The van der Waals surface area contributed by atoms with Crippen molar-refractivity contribution in [1.82, 2.24) is 5.32 Å². The molecular weight excluding hydrogens is 285 g/mol. The molecule has 1 fully saturated rings. The van der Waals surface area contributed by atoms with E-state index in [2.05, 4.69) is 5.32 Å². The standard InChI is InChI=1S/C14H19Cl2NO2/c1-19-8-11(18)7-17-14(9-2-3-9)10-4-5-12(15)13(16)6-10/h4-6,9,11,14,17-18H,2-3,7-8H2,1H3. The number of halogens is 2. The van der Waals surface area contributed by atoms with E-state index in [1.165, 1.54) is 12.8 Å². The third kappa shape index (κ3) is 4.33. The van der Waals surface area contributed by atoms with Gasteiger partial charge in [0.15, 0.2) is 0 Å².